The molecule has 1 heterocycles. The van der Waals surface area contributed by atoms with E-state index in [2.05, 4.69) is 17.2 Å². The van der Waals surface area contributed by atoms with Crippen molar-refractivity contribution in [2.75, 3.05) is 6.54 Å². The monoisotopic (exact) mass is 314 g/mol. The molecule has 0 aliphatic carbocycles. The maximum atomic E-state index is 6.10. The van der Waals surface area contributed by atoms with E-state index in [-0.39, 0.29) is 6.04 Å². The van der Waals surface area contributed by atoms with Gasteiger partial charge in [-0.1, -0.05) is 36.2 Å². The first-order valence-electron chi connectivity index (χ1n) is 6.27. The summed E-state index contributed by atoms with van der Waals surface area (Å²) in [7, 11) is 0. The number of aromatic nitrogens is 1. The summed E-state index contributed by atoms with van der Waals surface area (Å²) < 4.78 is 0. The van der Waals surface area contributed by atoms with E-state index in [1.807, 2.05) is 29.8 Å². The van der Waals surface area contributed by atoms with E-state index in [1.54, 1.807) is 11.3 Å². The molecule has 0 fully saturated rings. The summed E-state index contributed by atoms with van der Waals surface area (Å²) in [5, 5.41) is 7.85. The number of nitrogens with zero attached hydrogens (tertiary/aromatic N) is 1. The molecular formula is C14H16Cl2N2S. The SMILES string of the molecule is CCCNC(Cc1nccs1)c1ccc(Cl)c(Cl)c1. The molecule has 102 valence electrons. The van der Waals surface area contributed by atoms with Crippen LogP contribution in [0.2, 0.25) is 10.0 Å². The molecule has 1 N–H and O–H groups in total. The summed E-state index contributed by atoms with van der Waals surface area (Å²) in [5.74, 6) is 0. The molecule has 19 heavy (non-hydrogen) atoms. The fraction of sp³-hybridized carbons (Fsp3) is 0.357. The molecule has 0 saturated carbocycles. The van der Waals surface area contributed by atoms with Crippen molar-refractivity contribution in [3.8, 4) is 0 Å². The Morgan fingerprint density at radius 1 is 1.32 bits per heavy atom. The lowest BCUT2D eigenvalue weighted by Crippen LogP contribution is -2.24. The van der Waals surface area contributed by atoms with Crippen LogP contribution in [0.5, 0.6) is 0 Å². The first kappa shape index (κ1) is 14.8. The number of nitrogens with one attached hydrogen (secondary N) is 1. The zero-order chi connectivity index (χ0) is 13.7. The van der Waals surface area contributed by atoms with Crippen molar-refractivity contribution in [3.05, 3.63) is 50.4 Å². The number of rotatable bonds is 6. The van der Waals surface area contributed by atoms with Gasteiger partial charge in [0.25, 0.3) is 0 Å². The number of hydrogen-bond donors (Lipinski definition) is 1. The van der Waals surface area contributed by atoms with Gasteiger partial charge in [0, 0.05) is 24.0 Å². The predicted octanol–water partition coefficient (Wildman–Crippen LogP) is 4.73. The van der Waals surface area contributed by atoms with Gasteiger partial charge in [0.2, 0.25) is 0 Å². The highest BCUT2D eigenvalue weighted by Crippen LogP contribution is 2.27. The largest absolute Gasteiger partial charge is 0.310 e. The molecule has 0 saturated heterocycles. The lowest BCUT2D eigenvalue weighted by Gasteiger charge is -2.18. The van der Waals surface area contributed by atoms with Crippen LogP contribution in [0.3, 0.4) is 0 Å². The Morgan fingerprint density at radius 2 is 2.16 bits per heavy atom. The lowest BCUT2D eigenvalue weighted by molar-refractivity contribution is 0.528. The zero-order valence-corrected chi connectivity index (χ0v) is 13.0. The normalized spacial score (nSPS) is 12.6. The van der Waals surface area contributed by atoms with Gasteiger partial charge in [-0.25, -0.2) is 4.98 Å². The Labute approximate surface area is 127 Å². The van der Waals surface area contributed by atoms with Crippen LogP contribution in [-0.2, 0) is 6.42 Å². The Balaban J connectivity index is 2.18. The van der Waals surface area contributed by atoms with E-state index in [0.717, 1.165) is 30.0 Å². The molecule has 1 aromatic heterocycles. The van der Waals surface area contributed by atoms with Gasteiger partial charge < -0.3 is 5.32 Å². The Hall–Kier alpha value is -0.610. The van der Waals surface area contributed by atoms with Crippen LogP contribution < -0.4 is 5.32 Å². The van der Waals surface area contributed by atoms with Gasteiger partial charge in [-0.3, -0.25) is 0 Å². The predicted molar refractivity (Wildman–Crippen MR) is 83.3 cm³/mol. The van der Waals surface area contributed by atoms with E-state index in [4.69, 9.17) is 23.2 Å². The average Bonchev–Trinajstić information content (AvgIpc) is 2.91. The van der Waals surface area contributed by atoms with Crippen molar-refractivity contribution in [2.24, 2.45) is 0 Å². The summed E-state index contributed by atoms with van der Waals surface area (Å²) in [6, 6.07) is 6.03. The van der Waals surface area contributed by atoms with Gasteiger partial charge >= 0.3 is 0 Å². The van der Waals surface area contributed by atoms with Gasteiger partial charge in [0.1, 0.15) is 0 Å². The highest BCUT2D eigenvalue weighted by Gasteiger charge is 2.14. The Kier molecular flexibility index (Phi) is 5.64. The average molecular weight is 315 g/mol. The minimum absolute atomic E-state index is 0.223. The molecule has 2 nitrogen and oxygen atoms in total. The highest BCUT2D eigenvalue weighted by molar-refractivity contribution is 7.09. The second kappa shape index (κ2) is 7.25. The smallest absolute Gasteiger partial charge is 0.0943 e. The molecule has 0 bridgehead atoms. The summed E-state index contributed by atoms with van der Waals surface area (Å²) in [5.41, 5.74) is 1.15. The van der Waals surface area contributed by atoms with Crippen LogP contribution in [0.4, 0.5) is 0 Å². The van der Waals surface area contributed by atoms with Crippen LogP contribution in [-0.4, -0.2) is 11.5 Å². The topological polar surface area (TPSA) is 24.9 Å². The molecule has 1 unspecified atom stereocenters. The first-order chi connectivity index (χ1) is 9.20. The van der Waals surface area contributed by atoms with Crippen LogP contribution in [0.25, 0.3) is 0 Å². The zero-order valence-electron chi connectivity index (χ0n) is 10.7. The lowest BCUT2D eigenvalue weighted by atomic mass is 10.0. The molecule has 2 aromatic rings. The van der Waals surface area contributed by atoms with E-state index in [0.29, 0.717) is 10.0 Å². The van der Waals surface area contributed by atoms with Gasteiger partial charge in [0.05, 0.1) is 15.1 Å². The summed E-state index contributed by atoms with van der Waals surface area (Å²) in [6.07, 6.45) is 3.80. The third-order valence-electron chi connectivity index (χ3n) is 2.85. The first-order valence-corrected chi connectivity index (χ1v) is 7.91. The van der Waals surface area contributed by atoms with Crippen LogP contribution in [0.1, 0.15) is 30.0 Å². The highest BCUT2D eigenvalue weighted by atomic mass is 35.5. The summed E-state index contributed by atoms with van der Waals surface area (Å²) in [6.45, 7) is 3.12. The molecule has 5 heteroatoms. The number of hydrogen-bond acceptors (Lipinski definition) is 3. The molecule has 0 amide bonds. The standard InChI is InChI=1S/C14H16Cl2N2S/c1-2-5-17-13(9-14-18-6-7-19-14)10-3-4-11(15)12(16)8-10/h3-4,6-8,13,17H,2,5,9H2,1H3. The van der Waals surface area contributed by atoms with E-state index in [1.165, 1.54) is 0 Å². The minimum atomic E-state index is 0.223. The Bertz CT molecular complexity index is 514. The van der Waals surface area contributed by atoms with Crippen molar-refractivity contribution in [2.45, 2.75) is 25.8 Å². The fourth-order valence-electron chi connectivity index (χ4n) is 1.88. The molecular weight excluding hydrogens is 299 g/mol. The van der Waals surface area contributed by atoms with Crippen molar-refractivity contribution >= 4 is 34.5 Å². The minimum Gasteiger partial charge on any atom is -0.310 e. The third-order valence-corrected chi connectivity index (χ3v) is 4.39. The molecule has 1 aromatic carbocycles. The quantitative estimate of drug-likeness (QED) is 0.833. The second-order valence-electron chi connectivity index (χ2n) is 4.31. The molecule has 0 aliphatic heterocycles. The molecule has 0 aliphatic rings. The molecule has 2 rings (SSSR count). The summed E-state index contributed by atoms with van der Waals surface area (Å²) >= 11 is 13.7. The van der Waals surface area contributed by atoms with Gasteiger partial charge in [0.15, 0.2) is 0 Å². The van der Waals surface area contributed by atoms with Crippen LogP contribution in [0, 0.1) is 0 Å². The van der Waals surface area contributed by atoms with Crippen molar-refractivity contribution in [3.63, 3.8) is 0 Å². The van der Waals surface area contributed by atoms with Crippen molar-refractivity contribution in [1.82, 2.24) is 10.3 Å². The maximum Gasteiger partial charge on any atom is 0.0943 e. The number of thiazole rings is 1. The van der Waals surface area contributed by atoms with Gasteiger partial charge in [-0.2, -0.15) is 0 Å². The van der Waals surface area contributed by atoms with Gasteiger partial charge in [-0.05, 0) is 30.7 Å². The van der Waals surface area contributed by atoms with E-state index >= 15 is 0 Å². The fourth-order valence-corrected chi connectivity index (χ4v) is 2.85. The number of benzene rings is 1. The molecule has 0 spiro atoms. The van der Waals surface area contributed by atoms with E-state index < -0.39 is 0 Å². The third kappa shape index (κ3) is 4.18. The van der Waals surface area contributed by atoms with Crippen molar-refractivity contribution in [1.29, 1.82) is 0 Å². The van der Waals surface area contributed by atoms with E-state index in [9.17, 15) is 0 Å². The van der Waals surface area contributed by atoms with Crippen LogP contribution >= 0.6 is 34.5 Å². The Morgan fingerprint density at radius 3 is 2.79 bits per heavy atom. The van der Waals surface area contributed by atoms with Gasteiger partial charge in [-0.15, -0.1) is 11.3 Å². The second-order valence-corrected chi connectivity index (χ2v) is 6.10. The number of halogens is 2. The van der Waals surface area contributed by atoms with Crippen LogP contribution in [0.15, 0.2) is 29.8 Å². The maximum absolute atomic E-state index is 6.10. The molecule has 0 radical (unpaired) electrons. The summed E-state index contributed by atoms with van der Waals surface area (Å²) in [4.78, 5) is 4.35. The van der Waals surface area contributed by atoms with Crippen molar-refractivity contribution < 1.29 is 0 Å². The molecule has 1 atom stereocenters.